The molecule has 0 bridgehead atoms. The van der Waals surface area contributed by atoms with Crippen LogP contribution >= 0.6 is 11.8 Å². The van der Waals surface area contributed by atoms with E-state index in [-0.39, 0.29) is 16.8 Å². The molecule has 10 heteroatoms. The lowest BCUT2D eigenvalue weighted by Crippen LogP contribution is -2.56. The van der Waals surface area contributed by atoms with Gasteiger partial charge in [-0.05, 0) is 37.6 Å². The normalized spacial score (nSPS) is 17.5. The van der Waals surface area contributed by atoms with Crippen molar-refractivity contribution in [1.82, 2.24) is 14.9 Å². The van der Waals surface area contributed by atoms with Crippen molar-refractivity contribution in [1.29, 1.82) is 0 Å². The van der Waals surface area contributed by atoms with E-state index in [1.54, 1.807) is 0 Å². The van der Waals surface area contributed by atoms with E-state index in [0.717, 1.165) is 30.8 Å². The lowest BCUT2D eigenvalue weighted by atomic mass is 10.1. The summed E-state index contributed by atoms with van der Waals surface area (Å²) in [6.07, 6.45) is 3.41. The number of nitrogens with zero attached hydrogens (tertiary/aromatic N) is 4. The topological polar surface area (TPSA) is 106 Å². The van der Waals surface area contributed by atoms with E-state index in [1.807, 2.05) is 13.8 Å². The fourth-order valence-corrected chi connectivity index (χ4v) is 3.35. The van der Waals surface area contributed by atoms with Gasteiger partial charge in [0, 0.05) is 12.6 Å². The van der Waals surface area contributed by atoms with E-state index in [0.29, 0.717) is 31.1 Å². The van der Waals surface area contributed by atoms with Crippen LogP contribution < -0.4 is 0 Å². The van der Waals surface area contributed by atoms with Gasteiger partial charge in [0.05, 0.1) is 18.1 Å². The van der Waals surface area contributed by atoms with E-state index in [4.69, 9.17) is 4.84 Å². The average molecular weight is 382 g/mol. The predicted molar refractivity (Wildman–Crippen MR) is 95.5 cm³/mol. The molecule has 0 unspecified atom stereocenters. The monoisotopic (exact) mass is 382 g/mol. The second-order valence-corrected chi connectivity index (χ2v) is 6.72. The number of hydrogen-bond donors (Lipinski definition) is 0. The van der Waals surface area contributed by atoms with Gasteiger partial charge in [-0.3, -0.25) is 19.7 Å². The second-order valence-electron chi connectivity index (χ2n) is 5.69. The van der Waals surface area contributed by atoms with Crippen LogP contribution in [-0.4, -0.2) is 56.8 Å². The highest BCUT2D eigenvalue weighted by atomic mass is 32.2. The van der Waals surface area contributed by atoms with Crippen LogP contribution in [0, 0.1) is 10.1 Å². The van der Waals surface area contributed by atoms with Crippen molar-refractivity contribution in [3.05, 3.63) is 28.4 Å². The Bertz CT molecular complexity index is 655. The molecule has 0 aromatic carbocycles. The third kappa shape index (κ3) is 4.92. The van der Waals surface area contributed by atoms with Gasteiger partial charge < -0.3 is 4.90 Å². The van der Waals surface area contributed by atoms with Crippen LogP contribution in [-0.2, 0) is 9.63 Å². The average Bonchev–Trinajstić information content (AvgIpc) is 2.63. The van der Waals surface area contributed by atoms with E-state index in [9.17, 15) is 19.7 Å². The molecule has 9 nitrogen and oxygen atoms in total. The first-order valence-electron chi connectivity index (χ1n) is 8.51. The van der Waals surface area contributed by atoms with Gasteiger partial charge in [0.15, 0.2) is 0 Å². The highest BCUT2D eigenvalue weighted by Gasteiger charge is 2.37. The SMILES string of the molecule is CCCCON1CC[C@@H](C(=O)Sc2ccc([N+](=O)[O-])cn2)N(CC)C1=O. The predicted octanol–water partition coefficient (Wildman–Crippen LogP) is 2.86. The molecular formula is C16H22N4O5S. The molecular weight excluding hydrogens is 360 g/mol. The number of aromatic nitrogens is 1. The molecule has 1 atom stereocenters. The van der Waals surface area contributed by atoms with Crippen molar-refractivity contribution in [3.63, 3.8) is 0 Å². The number of pyridine rings is 1. The quantitative estimate of drug-likeness (QED) is 0.294. The Morgan fingerprint density at radius 1 is 1.46 bits per heavy atom. The lowest BCUT2D eigenvalue weighted by Gasteiger charge is -2.39. The number of carbonyl (C=O) groups is 2. The Morgan fingerprint density at radius 3 is 2.81 bits per heavy atom. The van der Waals surface area contributed by atoms with Crippen molar-refractivity contribution in [2.24, 2.45) is 0 Å². The van der Waals surface area contributed by atoms with Crippen molar-refractivity contribution in [2.75, 3.05) is 19.7 Å². The minimum Gasteiger partial charge on any atom is -0.312 e. The summed E-state index contributed by atoms with van der Waals surface area (Å²) in [5, 5.41) is 12.1. The van der Waals surface area contributed by atoms with Gasteiger partial charge in [0.2, 0.25) is 5.12 Å². The molecule has 142 valence electrons. The van der Waals surface area contributed by atoms with Gasteiger partial charge in [-0.2, -0.15) is 0 Å². The third-order valence-corrected chi connectivity index (χ3v) is 4.86. The molecule has 1 aromatic heterocycles. The summed E-state index contributed by atoms with van der Waals surface area (Å²) in [5.74, 6) is 0. The van der Waals surface area contributed by atoms with E-state index >= 15 is 0 Å². The highest BCUT2D eigenvalue weighted by molar-refractivity contribution is 8.13. The first-order valence-corrected chi connectivity index (χ1v) is 9.32. The standard InChI is InChI=1S/C16H22N4O5S/c1-3-5-10-25-19-9-8-13(18(4-2)16(19)22)15(21)26-14-7-6-12(11-17-14)20(23)24/h6-7,11,13H,3-5,8-10H2,1-2H3/t13-/m0/s1. The van der Waals surface area contributed by atoms with Crippen LogP contribution in [0.3, 0.4) is 0 Å². The van der Waals surface area contributed by atoms with Crippen molar-refractivity contribution in [2.45, 2.75) is 44.2 Å². The van der Waals surface area contributed by atoms with E-state index in [2.05, 4.69) is 4.98 Å². The summed E-state index contributed by atoms with van der Waals surface area (Å²) in [5.41, 5.74) is -0.135. The minimum absolute atomic E-state index is 0.135. The minimum atomic E-state index is -0.569. The number of hydrogen-bond acceptors (Lipinski definition) is 7. The Labute approximate surface area is 155 Å². The molecule has 0 N–H and O–H groups in total. The third-order valence-electron chi connectivity index (χ3n) is 3.94. The van der Waals surface area contributed by atoms with Gasteiger partial charge in [-0.15, -0.1) is 0 Å². The maximum atomic E-state index is 12.6. The summed E-state index contributed by atoms with van der Waals surface area (Å²) < 4.78 is 0. The largest absolute Gasteiger partial charge is 0.344 e. The van der Waals surface area contributed by atoms with Gasteiger partial charge >= 0.3 is 6.03 Å². The summed E-state index contributed by atoms with van der Waals surface area (Å²) in [7, 11) is 0. The number of rotatable bonds is 8. The van der Waals surface area contributed by atoms with Gasteiger partial charge in [0.1, 0.15) is 17.3 Å². The van der Waals surface area contributed by atoms with Gasteiger partial charge in [-0.1, -0.05) is 13.3 Å². The smallest absolute Gasteiger partial charge is 0.312 e. The van der Waals surface area contributed by atoms with Crippen LogP contribution in [0.1, 0.15) is 33.1 Å². The van der Waals surface area contributed by atoms with Crippen LogP contribution in [0.4, 0.5) is 10.5 Å². The number of likely N-dealkylation sites (N-methyl/N-ethyl adjacent to an activating group) is 1. The first kappa shape index (κ1) is 20.1. The van der Waals surface area contributed by atoms with Crippen LogP contribution in [0.2, 0.25) is 0 Å². The number of nitro groups is 1. The molecule has 1 aromatic rings. The zero-order valence-corrected chi connectivity index (χ0v) is 15.6. The van der Waals surface area contributed by atoms with Crippen molar-refractivity contribution in [3.8, 4) is 0 Å². The Morgan fingerprint density at radius 2 is 2.23 bits per heavy atom. The fourth-order valence-electron chi connectivity index (χ4n) is 2.52. The highest BCUT2D eigenvalue weighted by Crippen LogP contribution is 2.26. The second kappa shape index (κ2) is 9.48. The molecule has 2 amide bonds. The van der Waals surface area contributed by atoms with E-state index in [1.165, 1.54) is 22.1 Å². The van der Waals surface area contributed by atoms with Crippen LogP contribution in [0.15, 0.2) is 23.4 Å². The molecule has 1 saturated heterocycles. The lowest BCUT2D eigenvalue weighted by molar-refractivity contribution is -0.385. The first-order chi connectivity index (χ1) is 12.5. The van der Waals surface area contributed by atoms with Crippen molar-refractivity contribution < 1.29 is 19.3 Å². The van der Waals surface area contributed by atoms with Crippen LogP contribution in [0.25, 0.3) is 0 Å². The van der Waals surface area contributed by atoms with Gasteiger partial charge in [0.25, 0.3) is 5.69 Å². The zero-order valence-electron chi connectivity index (χ0n) is 14.8. The van der Waals surface area contributed by atoms with Crippen molar-refractivity contribution >= 4 is 28.6 Å². The summed E-state index contributed by atoms with van der Waals surface area (Å²) in [6.45, 7) is 5.06. The van der Waals surface area contributed by atoms with E-state index < -0.39 is 11.0 Å². The van der Waals surface area contributed by atoms with Gasteiger partial charge in [-0.25, -0.2) is 14.8 Å². The molecule has 1 aliphatic heterocycles. The number of thioether (sulfide) groups is 1. The summed E-state index contributed by atoms with van der Waals surface area (Å²) in [6, 6.07) is 1.85. The number of unbranched alkanes of at least 4 members (excludes halogenated alkanes) is 1. The Balaban J connectivity index is 1.99. The molecule has 0 saturated carbocycles. The maximum absolute atomic E-state index is 12.6. The Kier molecular flexibility index (Phi) is 7.34. The molecule has 0 aliphatic carbocycles. The number of hydroxylamine groups is 2. The number of carbonyl (C=O) groups excluding carboxylic acids is 2. The molecule has 2 rings (SSSR count). The summed E-state index contributed by atoms with van der Waals surface area (Å²) in [4.78, 5) is 46.1. The molecule has 26 heavy (non-hydrogen) atoms. The maximum Gasteiger partial charge on any atom is 0.344 e. The fraction of sp³-hybridized carbons (Fsp3) is 0.562. The Hall–Kier alpha value is -2.20. The molecule has 1 aliphatic rings. The molecule has 2 heterocycles. The van der Waals surface area contributed by atoms with Crippen LogP contribution in [0.5, 0.6) is 0 Å². The molecule has 1 fully saturated rings. The molecule has 0 radical (unpaired) electrons. The number of urea groups is 1. The number of amides is 2. The zero-order chi connectivity index (χ0) is 19.1. The summed E-state index contributed by atoms with van der Waals surface area (Å²) >= 11 is 0.889. The molecule has 0 spiro atoms.